The standard InChI is InChI=1S/C61H100O7/c1-8-10-11-12-13-14-15-16-17-18-19-20-21-22-23-24-25-26-27-28-29-30-31-32-55(62)66-44-54-56(63)57(64)58(65)59(68-54)67-49-39-41-60(6)48(43-49)35-36-50-52-38-37-51(61(52,7)42-40-53(50)60)46(5)33-34-47(9-2)45(3)4/h10-11,13-14,16-17,19-20,33-35,45-47,49-54,56-59,63-65H,8-9,12,15,18,21-32,36-44H2,1-7H3/b11-10-,14-13-,17-16-,20-19-,34-33+. The lowest BCUT2D eigenvalue weighted by atomic mass is 9.47. The third-order valence-electron chi connectivity index (χ3n) is 17.9. The zero-order valence-corrected chi connectivity index (χ0v) is 44.2. The summed E-state index contributed by atoms with van der Waals surface area (Å²) in [5.41, 5.74) is 2.04. The van der Waals surface area contributed by atoms with Gasteiger partial charge in [0.15, 0.2) is 6.29 Å². The lowest BCUT2D eigenvalue weighted by Crippen LogP contribution is -2.60. The number of esters is 1. The van der Waals surface area contributed by atoms with Gasteiger partial charge >= 0.3 is 5.97 Å². The molecular weight excluding hydrogens is 845 g/mol. The Labute approximate surface area is 415 Å². The molecule has 1 heterocycles. The summed E-state index contributed by atoms with van der Waals surface area (Å²) in [6, 6.07) is 0. The summed E-state index contributed by atoms with van der Waals surface area (Å²) < 4.78 is 18.1. The molecule has 68 heavy (non-hydrogen) atoms. The van der Waals surface area contributed by atoms with Crippen LogP contribution in [0, 0.1) is 52.3 Å². The Kier molecular flexibility index (Phi) is 24.4. The molecule has 14 unspecified atom stereocenters. The van der Waals surface area contributed by atoms with Gasteiger partial charge in [-0.1, -0.05) is 172 Å². The predicted octanol–water partition coefficient (Wildman–Crippen LogP) is 14.7. The van der Waals surface area contributed by atoms with E-state index in [4.69, 9.17) is 14.2 Å². The van der Waals surface area contributed by atoms with Crippen molar-refractivity contribution in [3.63, 3.8) is 0 Å². The molecule has 1 aliphatic heterocycles. The van der Waals surface area contributed by atoms with Crippen LogP contribution in [0.4, 0.5) is 0 Å². The minimum absolute atomic E-state index is 0.151. The highest BCUT2D eigenvalue weighted by Crippen LogP contribution is 2.67. The zero-order chi connectivity index (χ0) is 48.9. The van der Waals surface area contributed by atoms with Gasteiger partial charge in [0.1, 0.15) is 31.0 Å². The lowest BCUT2D eigenvalue weighted by molar-refractivity contribution is -0.313. The quantitative estimate of drug-likeness (QED) is 0.0390. The number of fused-ring (bicyclic) bond motifs is 5. The summed E-state index contributed by atoms with van der Waals surface area (Å²) in [6.07, 6.45) is 47.0. The van der Waals surface area contributed by atoms with Crippen molar-refractivity contribution in [1.82, 2.24) is 0 Å². The summed E-state index contributed by atoms with van der Waals surface area (Å²) >= 11 is 0. The molecule has 0 bridgehead atoms. The maximum Gasteiger partial charge on any atom is 0.305 e. The van der Waals surface area contributed by atoms with Crippen molar-refractivity contribution in [2.45, 2.75) is 246 Å². The van der Waals surface area contributed by atoms with Crippen molar-refractivity contribution in [1.29, 1.82) is 0 Å². The molecule has 5 rings (SSSR count). The van der Waals surface area contributed by atoms with E-state index in [0.717, 1.165) is 88.4 Å². The van der Waals surface area contributed by atoms with E-state index in [2.05, 4.69) is 115 Å². The lowest BCUT2D eigenvalue weighted by Gasteiger charge is -2.58. The maximum absolute atomic E-state index is 12.7. The zero-order valence-electron chi connectivity index (χ0n) is 44.2. The molecule has 0 spiro atoms. The summed E-state index contributed by atoms with van der Waals surface area (Å²) in [5, 5.41) is 32.7. The minimum Gasteiger partial charge on any atom is -0.463 e. The Morgan fingerprint density at radius 2 is 1.37 bits per heavy atom. The fourth-order valence-corrected chi connectivity index (χ4v) is 13.6. The Hall–Kier alpha value is -2.29. The van der Waals surface area contributed by atoms with Gasteiger partial charge < -0.3 is 29.5 Å². The summed E-state index contributed by atoms with van der Waals surface area (Å²) in [7, 11) is 0. The third-order valence-corrected chi connectivity index (χ3v) is 17.9. The van der Waals surface area contributed by atoms with Crippen molar-refractivity contribution >= 4 is 5.97 Å². The van der Waals surface area contributed by atoms with Gasteiger partial charge in [-0.3, -0.25) is 4.79 Å². The van der Waals surface area contributed by atoms with E-state index in [0.29, 0.717) is 35.5 Å². The number of ether oxygens (including phenoxy) is 3. The molecular formula is C61H100O7. The van der Waals surface area contributed by atoms with Gasteiger partial charge in [-0.15, -0.1) is 0 Å². The topological polar surface area (TPSA) is 105 Å². The Balaban J connectivity index is 0.937. The minimum atomic E-state index is -1.45. The SMILES string of the molecule is CC/C=C\C/C=C\C/C=C\C/C=C\CCCCCCCCCCCCC(=O)OCC1OC(OC2CCC3(C)C(=CCC4C3CCC3(C)C(C(C)/C=C/C(CC)C(C)C)CCC43)C2)C(O)C(O)C1O. The van der Waals surface area contributed by atoms with Gasteiger partial charge in [-0.25, -0.2) is 0 Å². The molecule has 4 fully saturated rings. The number of carbonyl (C=O) groups excluding carboxylic acids is 1. The van der Waals surface area contributed by atoms with Gasteiger partial charge in [-0.2, -0.15) is 0 Å². The molecule has 7 heteroatoms. The van der Waals surface area contributed by atoms with Gasteiger partial charge in [-0.05, 0) is 155 Å². The smallest absolute Gasteiger partial charge is 0.305 e. The fourth-order valence-electron chi connectivity index (χ4n) is 13.6. The van der Waals surface area contributed by atoms with Crippen LogP contribution in [-0.2, 0) is 19.0 Å². The molecule has 0 aromatic heterocycles. The van der Waals surface area contributed by atoms with Crippen LogP contribution in [0.25, 0.3) is 0 Å². The van der Waals surface area contributed by atoms with Gasteiger partial charge in [0.05, 0.1) is 6.10 Å². The van der Waals surface area contributed by atoms with E-state index in [1.807, 2.05) is 0 Å². The molecule has 386 valence electrons. The number of hydrogen-bond donors (Lipinski definition) is 3. The molecule has 5 aliphatic rings. The van der Waals surface area contributed by atoms with E-state index in [1.54, 1.807) is 0 Å². The highest BCUT2D eigenvalue weighted by molar-refractivity contribution is 5.69. The molecule has 4 aliphatic carbocycles. The second kappa shape index (κ2) is 29.3. The second-order valence-electron chi connectivity index (χ2n) is 22.8. The van der Waals surface area contributed by atoms with E-state index in [-0.39, 0.29) is 24.1 Å². The highest BCUT2D eigenvalue weighted by atomic mass is 16.7. The molecule has 3 saturated carbocycles. The van der Waals surface area contributed by atoms with Crippen LogP contribution >= 0.6 is 0 Å². The van der Waals surface area contributed by atoms with E-state index in [9.17, 15) is 20.1 Å². The van der Waals surface area contributed by atoms with Crippen LogP contribution in [0.3, 0.4) is 0 Å². The van der Waals surface area contributed by atoms with Crippen LogP contribution in [0.5, 0.6) is 0 Å². The molecule has 3 N–H and O–H groups in total. The molecule has 14 atom stereocenters. The van der Waals surface area contributed by atoms with E-state index in [1.165, 1.54) is 89.0 Å². The molecule has 0 amide bonds. The van der Waals surface area contributed by atoms with Crippen molar-refractivity contribution in [3.05, 3.63) is 72.4 Å². The van der Waals surface area contributed by atoms with Crippen molar-refractivity contribution in [2.75, 3.05) is 6.61 Å². The fraction of sp³-hybridized carbons (Fsp3) is 0.787. The number of aliphatic hydroxyl groups excluding tert-OH is 3. The first kappa shape index (κ1) is 56.6. The third kappa shape index (κ3) is 16.1. The number of carbonyl (C=O) groups is 1. The number of unbranched alkanes of at least 4 members (excludes halogenated alkanes) is 10. The summed E-state index contributed by atoms with van der Waals surface area (Å²) in [5.74, 6) is 4.58. The predicted molar refractivity (Wildman–Crippen MR) is 281 cm³/mol. The van der Waals surface area contributed by atoms with Crippen LogP contribution in [0.2, 0.25) is 0 Å². The molecule has 0 aromatic carbocycles. The maximum atomic E-state index is 12.7. The van der Waals surface area contributed by atoms with Gasteiger partial charge in [0.25, 0.3) is 0 Å². The summed E-state index contributed by atoms with van der Waals surface area (Å²) in [4.78, 5) is 12.7. The molecule has 1 saturated heterocycles. The summed E-state index contributed by atoms with van der Waals surface area (Å²) in [6.45, 7) is 16.6. The van der Waals surface area contributed by atoms with E-state index < -0.39 is 30.7 Å². The molecule has 0 radical (unpaired) electrons. The first-order valence-electron chi connectivity index (χ1n) is 28.3. The first-order valence-corrected chi connectivity index (χ1v) is 28.3. The van der Waals surface area contributed by atoms with Gasteiger partial charge in [0, 0.05) is 6.42 Å². The van der Waals surface area contributed by atoms with Crippen LogP contribution < -0.4 is 0 Å². The Bertz CT molecular complexity index is 1640. The first-order chi connectivity index (χ1) is 32.8. The number of aliphatic hydroxyl groups is 3. The highest BCUT2D eigenvalue weighted by Gasteiger charge is 2.59. The van der Waals surface area contributed by atoms with Crippen LogP contribution in [-0.4, -0.2) is 64.7 Å². The van der Waals surface area contributed by atoms with Crippen LogP contribution in [0.1, 0.15) is 209 Å². The molecule has 0 aromatic rings. The average molecular weight is 945 g/mol. The Morgan fingerprint density at radius 3 is 2.01 bits per heavy atom. The van der Waals surface area contributed by atoms with Crippen LogP contribution in [0.15, 0.2) is 72.4 Å². The number of rotatable bonds is 29. The van der Waals surface area contributed by atoms with Gasteiger partial charge in [0.2, 0.25) is 0 Å². The van der Waals surface area contributed by atoms with E-state index >= 15 is 0 Å². The van der Waals surface area contributed by atoms with Crippen molar-refractivity contribution in [3.8, 4) is 0 Å². The normalized spacial score (nSPS) is 34.0. The second-order valence-corrected chi connectivity index (χ2v) is 22.8. The Morgan fingerprint density at radius 1 is 0.735 bits per heavy atom. The molecule has 7 nitrogen and oxygen atoms in total. The largest absolute Gasteiger partial charge is 0.463 e. The number of hydrogen-bond acceptors (Lipinski definition) is 7. The van der Waals surface area contributed by atoms with Crippen molar-refractivity contribution < 1.29 is 34.3 Å². The monoisotopic (exact) mass is 945 g/mol. The van der Waals surface area contributed by atoms with Crippen molar-refractivity contribution in [2.24, 2.45) is 52.3 Å². The average Bonchev–Trinajstić information content (AvgIpc) is 3.69. The number of allylic oxidation sites excluding steroid dienone is 11.